The van der Waals surface area contributed by atoms with Crippen molar-refractivity contribution in [3.8, 4) is 5.75 Å². The lowest BCUT2D eigenvalue weighted by molar-refractivity contribution is -0.140. The van der Waals surface area contributed by atoms with E-state index in [-0.39, 0.29) is 37.7 Å². The minimum Gasteiger partial charge on any atom is -0.507 e. The van der Waals surface area contributed by atoms with E-state index >= 15 is 0 Å². The Morgan fingerprint density at radius 2 is 1.93 bits per heavy atom. The van der Waals surface area contributed by atoms with Gasteiger partial charge in [-0.25, -0.2) is 0 Å². The molecule has 2 N–H and O–H groups in total. The summed E-state index contributed by atoms with van der Waals surface area (Å²) in [6.07, 6.45) is 0. The number of carbonyl (C=O) groups is 2. The predicted molar refractivity (Wildman–Crippen MR) is 109 cm³/mol. The van der Waals surface area contributed by atoms with Gasteiger partial charge >= 0.3 is 0 Å². The number of nitrogens with zero attached hydrogens (tertiary/aromatic N) is 1. The number of Topliss-reactive ketones (excluding diaryl/α,β-unsaturated/α-hetero) is 1. The van der Waals surface area contributed by atoms with Gasteiger partial charge in [0, 0.05) is 17.0 Å². The molecular weight excluding hydrogens is 394 g/mol. The molecule has 1 saturated heterocycles. The molecule has 1 aliphatic rings. The predicted octanol–water partition coefficient (Wildman–Crippen LogP) is 2.58. The minimum absolute atomic E-state index is 0.0590. The van der Waals surface area contributed by atoms with Crippen molar-refractivity contribution < 1.29 is 29.3 Å². The van der Waals surface area contributed by atoms with Crippen molar-refractivity contribution in [3.05, 3.63) is 57.8 Å². The molecule has 8 heteroatoms. The molecule has 29 heavy (non-hydrogen) atoms. The highest BCUT2D eigenvalue weighted by atomic mass is 32.1. The van der Waals surface area contributed by atoms with Crippen LogP contribution in [0.1, 0.15) is 23.4 Å². The van der Waals surface area contributed by atoms with E-state index in [0.29, 0.717) is 17.9 Å². The molecule has 0 bridgehead atoms. The van der Waals surface area contributed by atoms with Gasteiger partial charge in [-0.1, -0.05) is 6.07 Å². The molecule has 1 fully saturated rings. The Kier molecular flexibility index (Phi) is 7.03. The summed E-state index contributed by atoms with van der Waals surface area (Å²) in [4.78, 5) is 27.6. The number of likely N-dealkylation sites (tertiary alicyclic amines) is 1. The smallest absolute Gasteiger partial charge is 0.295 e. The Labute approximate surface area is 172 Å². The number of hydrogen-bond acceptors (Lipinski definition) is 7. The molecule has 2 aromatic rings. The third-order valence-electron chi connectivity index (χ3n) is 4.50. The molecule has 1 amide bonds. The lowest BCUT2D eigenvalue weighted by Gasteiger charge is -2.24. The molecule has 0 saturated carbocycles. The fraction of sp³-hybridized carbons (Fsp3) is 0.333. The first-order valence-electron chi connectivity index (χ1n) is 9.32. The first-order chi connectivity index (χ1) is 14.1. The van der Waals surface area contributed by atoms with Gasteiger partial charge in [0.1, 0.15) is 11.5 Å². The topological polar surface area (TPSA) is 96.3 Å². The third-order valence-corrected chi connectivity index (χ3v) is 5.43. The van der Waals surface area contributed by atoms with Gasteiger partial charge in [-0.05, 0) is 42.6 Å². The third kappa shape index (κ3) is 4.50. The van der Waals surface area contributed by atoms with Gasteiger partial charge in [-0.15, -0.1) is 11.3 Å². The van der Waals surface area contributed by atoms with Crippen molar-refractivity contribution in [3.63, 3.8) is 0 Å². The quantitative estimate of drug-likeness (QED) is 0.282. The lowest BCUT2D eigenvalue weighted by atomic mass is 10.00. The molecule has 1 aromatic carbocycles. The second-order valence-corrected chi connectivity index (χ2v) is 7.28. The molecule has 154 valence electrons. The number of thiophene rings is 1. The maximum Gasteiger partial charge on any atom is 0.295 e. The van der Waals surface area contributed by atoms with Gasteiger partial charge < -0.3 is 24.6 Å². The lowest BCUT2D eigenvalue weighted by Crippen LogP contribution is -2.32. The van der Waals surface area contributed by atoms with E-state index in [1.807, 2.05) is 24.4 Å². The Hall–Kier alpha value is -2.68. The van der Waals surface area contributed by atoms with E-state index in [9.17, 15) is 14.7 Å². The molecule has 1 aromatic heterocycles. The molecule has 3 rings (SSSR count). The van der Waals surface area contributed by atoms with Crippen LogP contribution in [0.15, 0.2) is 47.4 Å². The molecule has 1 atom stereocenters. The number of benzene rings is 1. The molecule has 0 spiro atoms. The van der Waals surface area contributed by atoms with Crippen molar-refractivity contribution >= 4 is 28.8 Å². The van der Waals surface area contributed by atoms with Crippen molar-refractivity contribution in [1.82, 2.24) is 4.90 Å². The summed E-state index contributed by atoms with van der Waals surface area (Å²) < 4.78 is 10.7. The molecule has 2 heterocycles. The van der Waals surface area contributed by atoms with Gasteiger partial charge in [-0.3, -0.25) is 9.59 Å². The van der Waals surface area contributed by atoms with Crippen LogP contribution in [0.3, 0.4) is 0 Å². The molecule has 0 unspecified atom stereocenters. The van der Waals surface area contributed by atoms with Crippen LogP contribution in [-0.4, -0.2) is 59.8 Å². The van der Waals surface area contributed by atoms with Crippen molar-refractivity contribution in [2.45, 2.75) is 13.0 Å². The van der Waals surface area contributed by atoms with Crippen LogP contribution in [0.2, 0.25) is 0 Å². The maximum atomic E-state index is 12.8. The first-order valence-corrected chi connectivity index (χ1v) is 10.2. The number of rotatable bonds is 9. The van der Waals surface area contributed by atoms with Crippen molar-refractivity contribution in [2.75, 3.05) is 33.0 Å². The number of ether oxygens (including phenoxy) is 2. The first kappa shape index (κ1) is 21.0. The number of hydrogen-bond donors (Lipinski definition) is 2. The standard InChI is InChI=1S/C21H23NO6S/c1-2-28-15-7-5-14(6-8-15)19(24)17-18(16-4-3-13-29-16)22(21(26)20(17)25)9-11-27-12-10-23/h3-8,13,18,23-24H,2,9-12H2,1H3/t18-/m1/s1. The normalized spacial score (nSPS) is 18.4. The zero-order valence-corrected chi connectivity index (χ0v) is 16.9. The Morgan fingerprint density at radius 1 is 1.17 bits per heavy atom. The van der Waals surface area contributed by atoms with Crippen LogP contribution in [-0.2, 0) is 14.3 Å². The Balaban J connectivity index is 1.97. The van der Waals surface area contributed by atoms with Crippen LogP contribution < -0.4 is 4.74 Å². The summed E-state index contributed by atoms with van der Waals surface area (Å²) in [5.41, 5.74) is 0.494. The molecule has 1 aliphatic heterocycles. The largest absolute Gasteiger partial charge is 0.507 e. The van der Waals surface area contributed by atoms with E-state index in [0.717, 1.165) is 4.88 Å². The number of aliphatic hydroxyl groups excluding tert-OH is 2. The number of carbonyl (C=O) groups excluding carboxylic acids is 2. The van der Waals surface area contributed by atoms with Gasteiger partial charge in [0.15, 0.2) is 0 Å². The van der Waals surface area contributed by atoms with Gasteiger partial charge in [0.05, 0.1) is 38.0 Å². The summed E-state index contributed by atoms with van der Waals surface area (Å²) in [5, 5.41) is 21.6. The summed E-state index contributed by atoms with van der Waals surface area (Å²) in [6, 6.07) is 9.70. The van der Waals surface area contributed by atoms with Gasteiger partial charge in [0.25, 0.3) is 11.7 Å². The number of ketones is 1. The highest BCUT2D eigenvalue weighted by Crippen LogP contribution is 2.40. The van der Waals surface area contributed by atoms with E-state index in [4.69, 9.17) is 14.6 Å². The summed E-state index contributed by atoms with van der Waals surface area (Å²) in [6.45, 7) is 2.78. The monoisotopic (exact) mass is 417 g/mol. The molecule has 0 aliphatic carbocycles. The fourth-order valence-corrected chi connectivity index (χ4v) is 4.06. The maximum absolute atomic E-state index is 12.8. The average Bonchev–Trinajstić information content (AvgIpc) is 3.34. The highest BCUT2D eigenvalue weighted by Gasteiger charge is 2.46. The molecule has 0 radical (unpaired) electrons. The molecular formula is C21H23NO6S. The summed E-state index contributed by atoms with van der Waals surface area (Å²) in [7, 11) is 0. The average molecular weight is 417 g/mol. The number of amides is 1. The van der Waals surface area contributed by atoms with Crippen molar-refractivity contribution in [2.24, 2.45) is 0 Å². The zero-order chi connectivity index (χ0) is 20.8. The molecule has 7 nitrogen and oxygen atoms in total. The van der Waals surface area contributed by atoms with Crippen LogP contribution in [0.25, 0.3) is 5.76 Å². The second-order valence-electron chi connectivity index (χ2n) is 6.30. The van der Waals surface area contributed by atoms with Gasteiger partial charge in [0.2, 0.25) is 0 Å². The highest BCUT2D eigenvalue weighted by molar-refractivity contribution is 7.10. The van der Waals surface area contributed by atoms with E-state index in [1.54, 1.807) is 24.3 Å². The number of aliphatic hydroxyl groups is 2. The van der Waals surface area contributed by atoms with Crippen molar-refractivity contribution in [1.29, 1.82) is 0 Å². The van der Waals surface area contributed by atoms with E-state index in [1.165, 1.54) is 16.2 Å². The summed E-state index contributed by atoms with van der Waals surface area (Å²) >= 11 is 1.40. The van der Waals surface area contributed by atoms with Crippen LogP contribution >= 0.6 is 11.3 Å². The fourth-order valence-electron chi connectivity index (χ4n) is 3.21. The Morgan fingerprint density at radius 3 is 2.55 bits per heavy atom. The van der Waals surface area contributed by atoms with Crippen LogP contribution in [0, 0.1) is 0 Å². The SMILES string of the molecule is CCOc1ccc(C(O)=C2C(=O)C(=O)N(CCOCCO)[C@@H]2c2cccs2)cc1. The van der Waals surface area contributed by atoms with Gasteiger partial charge in [-0.2, -0.15) is 0 Å². The second kappa shape index (κ2) is 9.69. The zero-order valence-electron chi connectivity index (χ0n) is 16.0. The summed E-state index contributed by atoms with van der Waals surface area (Å²) in [5.74, 6) is -0.968. The minimum atomic E-state index is -0.725. The van der Waals surface area contributed by atoms with E-state index in [2.05, 4.69) is 0 Å². The Bertz CT molecular complexity index is 875. The van der Waals surface area contributed by atoms with Crippen LogP contribution in [0.4, 0.5) is 0 Å². The van der Waals surface area contributed by atoms with Crippen LogP contribution in [0.5, 0.6) is 5.75 Å². The van der Waals surface area contributed by atoms with E-state index < -0.39 is 17.7 Å².